The molecule has 1 aromatic rings. The number of aliphatic imine (C=N–C) groups is 1. The standard InChI is InChI=1S/C18H26F2N4O.HI/c19-14-3-1-4-15(20)16(14)18(5-6-18)13-23-17(21)22-7-2-8-24-9-11-25-12-10-24;/h1,3-4H,2,5-13H2,(H3,21,22,23);1H. The summed E-state index contributed by atoms with van der Waals surface area (Å²) in [4.78, 5) is 6.68. The second-order valence-corrected chi connectivity index (χ2v) is 6.81. The Morgan fingerprint density at radius 3 is 2.50 bits per heavy atom. The normalized spacial score (nSPS) is 19.7. The minimum atomic E-state index is -0.532. The fourth-order valence-corrected chi connectivity index (χ4v) is 3.28. The molecule has 2 aliphatic rings. The van der Waals surface area contributed by atoms with Gasteiger partial charge in [0.1, 0.15) is 11.6 Å². The number of benzene rings is 1. The van der Waals surface area contributed by atoms with Crippen molar-refractivity contribution in [3.05, 3.63) is 35.4 Å². The van der Waals surface area contributed by atoms with Crippen molar-refractivity contribution in [3.8, 4) is 0 Å². The summed E-state index contributed by atoms with van der Waals surface area (Å²) >= 11 is 0. The maximum Gasteiger partial charge on any atom is 0.188 e. The first kappa shape index (κ1) is 21.3. The zero-order chi connectivity index (χ0) is 17.7. The Morgan fingerprint density at radius 1 is 1.23 bits per heavy atom. The SMILES string of the molecule is I.NC(=NCC1(c2c(F)cccc2F)CC1)NCCCN1CCOCC1. The van der Waals surface area contributed by atoms with Crippen LogP contribution in [-0.2, 0) is 10.2 Å². The molecule has 1 saturated carbocycles. The molecular formula is C18H27F2IN4O. The molecule has 26 heavy (non-hydrogen) atoms. The fraction of sp³-hybridized carbons (Fsp3) is 0.611. The Bertz CT molecular complexity index is 599. The zero-order valence-corrected chi connectivity index (χ0v) is 17.2. The van der Waals surface area contributed by atoms with Crippen molar-refractivity contribution in [1.82, 2.24) is 10.2 Å². The van der Waals surface area contributed by atoms with Gasteiger partial charge >= 0.3 is 0 Å². The van der Waals surface area contributed by atoms with Crippen LogP contribution in [-0.4, -0.2) is 56.8 Å². The van der Waals surface area contributed by atoms with E-state index in [-0.39, 0.29) is 29.5 Å². The van der Waals surface area contributed by atoms with E-state index in [9.17, 15) is 8.78 Å². The summed E-state index contributed by atoms with van der Waals surface area (Å²) in [5.41, 5.74) is 5.52. The van der Waals surface area contributed by atoms with Crippen LogP contribution in [0.1, 0.15) is 24.8 Å². The Morgan fingerprint density at radius 2 is 1.88 bits per heavy atom. The summed E-state index contributed by atoms with van der Waals surface area (Å²) in [5, 5.41) is 3.09. The highest BCUT2D eigenvalue weighted by Crippen LogP contribution is 2.50. The molecule has 5 nitrogen and oxygen atoms in total. The second-order valence-electron chi connectivity index (χ2n) is 6.81. The highest BCUT2D eigenvalue weighted by Gasteiger charge is 2.47. The summed E-state index contributed by atoms with van der Waals surface area (Å²) < 4.78 is 33.3. The molecule has 0 bridgehead atoms. The van der Waals surface area contributed by atoms with E-state index in [1.165, 1.54) is 18.2 Å². The summed E-state index contributed by atoms with van der Waals surface area (Å²) in [5.74, 6) is -0.653. The monoisotopic (exact) mass is 480 g/mol. The van der Waals surface area contributed by atoms with Crippen molar-refractivity contribution >= 4 is 29.9 Å². The maximum absolute atomic E-state index is 14.0. The lowest BCUT2D eigenvalue weighted by molar-refractivity contribution is 0.0376. The number of guanidine groups is 1. The van der Waals surface area contributed by atoms with Gasteiger partial charge in [0.25, 0.3) is 0 Å². The molecule has 3 rings (SSSR count). The van der Waals surface area contributed by atoms with Crippen molar-refractivity contribution in [2.24, 2.45) is 10.7 Å². The topological polar surface area (TPSA) is 62.9 Å². The first-order valence-electron chi connectivity index (χ1n) is 8.89. The van der Waals surface area contributed by atoms with Crippen LogP contribution in [0.5, 0.6) is 0 Å². The van der Waals surface area contributed by atoms with Crippen LogP contribution in [0.15, 0.2) is 23.2 Å². The minimum absolute atomic E-state index is 0. The van der Waals surface area contributed by atoms with Gasteiger partial charge in [-0.3, -0.25) is 9.89 Å². The van der Waals surface area contributed by atoms with Gasteiger partial charge in [-0.05, 0) is 37.9 Å². The Labute approximate surface area is 170 Å². The lowest BCUT2D eigenvalue weighted by Gasteiger charge is -2.26. The van der Waals surface area contributed by atoms with E-state index in [1.54, 1.807) is 0 Å². The van der Waals surface area contributed by atoms with Crippen LogP contribution in [0.2, 0.25) is 0 Å². The quantitative estimate of drug-likeness (QED) is 0.272. The number of halogens is 3. The van der Waals surface area contributed by atoms with Gasteiger partial charge in [0.2, 0.25) is 0 Å². The van der Waals surface area contributed by atoms with Gasteiger partial charge in [0.15, 0.2) is 5.96 Å². The van der Waals surface area contributed by atoms with Gasteiger partial charge in [0.05, 0.1) is 19.8 Å². The molecule has 0 amide bonds. The second kappa shape index (κ2) is 9.80. The lowest BCUT2D eigenvalue weighted by atomic mass is 9.95. The molecule has 1 aliphatic heterocycles. The van der Waals surface area contributed by atoms with Crippen LogP contribution >= 0.6 is 24.0 Å². The maximum atomic E-state index is 14.0. The molecule has 2 fully saturated rings. The molecule has 0 radical (unpaired) electrons. The number of hydrogen-bond acceptors (Lipinski definition) is 3. The van der Waals surface area contributed by atoms with Gasteiger partial charge in [-0.1, -0.05) is 6.07 Å². The average molecular weight is 480 g/mol. The van der Waals surface area contributed by atoms with Crippen molar-refractivity contribution in [3.63, 3.8) is 0 Å². The predicted molar refractivity (Wildman–Crippen MR) is 109 cm³/mol. The van der Waals surface area contributed by atoms with Crippen molar-refractivity contribution in [2.75, 3.05) is 45.9 Å². The fourth-order valence-electron chi connectivity index (χ4n) is 3.28. The number of ether oxygens (including phenoxy) is 1. The van der Waals surface area contributed by atoms with Gasteiger partial charge in [-0.2, -0.15) is 0 Å². The van der Waals surface area contributed by atoms with Crippen molar-refractivity contribution < 1.29 is 13.5 Å². The van der Waals surface area contributed by atoms with Crippen molar-refractivity contribution in [2.45, 2.75) is 24.7 Å². The average Bonchev–Trinajstić information content (AvgIpc) is 3.38. The van der Waals surface area contributed by atoms with Crippen molar-refractivity contribution in [1.29, 1.82) is 0 Å². The van der Waals surface area contributed by atoms with Crippen LogP contribution in [0.3, 0.4) is 0 Å². The first-order valence-corrected chi connectivity index (χ1v) is 8.89. The number of rotatable bonds is 7. The zero-order valence-electron chi connectivity index (χ0n) is 14.8. The molecule has 8 heteroatoms. The number of nitrogens with two attached hydrogens (primary N) is 1. The Kier molecular flexibility index (Phi) is 8.03. The number of hydrogen-bond donors (Lipinski definition) is 2. The first-order chi connectivity index (χ1) is 12.1. The number of nitrogens with zero attached hydrogens (tertiary/aromatic N) is 2. The van der Waals surface area contributed by atoms with Gasteiger partial charge in [0, 0.05) is 30.6 Å². The van der Waals surface area contributed by atoms with E-state index < -0.39 is 17.0 Å². The smallest absolute Gasteiger partial charge is 0.188 e. The summed E-state index contributed by atoms with van der Waals surface area (Å²) in [7, 11) is 0. The van der Waals surface area contributed by atoms with E-state index in [0.717, 1.165) is 58.7 Å². The molecule has 1 heterocycles. The van der Waals surface area contributed by atoms with Gasteiger partial charge in [-0.15, -0.1) is 24.0 Å². The van der Waals surface area contributed by atoms with Crippen LogP contribution in [0.25, 0.3) is 0 Å². The number of nitrogens with one attached hydrogen (secondary N) is 1. The molecule has 1 aliphatic carbocycles. The lowest BCUT2D eigenvalue weighted by Crippen LogP contribution is -2.39. The molecule has 0 atom stereocenters. The largest absolute Gasteiger partial charge is 0.379 e. The molecule has 1 saturated heterocycles. The van der Waals surface area contributed by atoms with E-state index in [1.807, 2.05) is 0 Å². The molecule has 146 valence electrons. The van der Waals surface area contributed by atoms with Gasteiger partial charge in [-0.25, -0.2) is 8.78 Å². The number of morpholine rings is 1. The molecule has 3 N–H and O–H groups in total. The molecule has 1 aromatic carbocycles. The van der Waals surface area contributed by atoms with E-state index in [2.05, 4.69) is 15.2 Å². The highest BCUT2D eigenvalue weighted by atomic mass is 127. The summed E-state index contributed by atoms with van der Waals surface area (Å²) in [6, 6.07) is 3.99. The molecule has 0 spiro atoms. The summed E-state index contributed by atoms with van der Waals surface area (Å²) in [6.07, 6.45) is 2.43. The third kappa shape index (κ3) is 5.50. The third-order valence-electron chi connectivity index (χ3n) is 4.96. The highest BCUT2D eigenvalue weighted by molar-refractivity contribution is 14.0. The van der Waals surface area contributed by atoms with E-state index in [4.69, 9.17) is 10.5 Å². The van der Waals surface area contributed by atoms with E-state index in [0.29, 0.717) is 12.5 Å². The van der Waals surface area contributed by atoms with Gasteiger partial charge < -0.3 is 15.8 Å². The predicted octanol–water partition coefficient (Wildman–Crippen LogP) is 2.24. The van der Waals surface area contributed by atoms with E-state index >= 15 is 0 Å². The minimum Gasteiger partial charge on any atom is -0.379 e. The summed E-state index contributed by atoms with van der Waals surface area (Å²) in [6.45, 7) is 5.58. The molecular weight excluding hydrogens is 453 g/mol. The molecule has 0 unspecified atom stereocenters. The Balaban J connectivity index is 0.00000243. The van der Waals surface area contributed by atoms with Crippen LogP contribution < -0.4 is 11.1 Å². The third-order valence-corrected chi connectivity index (χ3v) is 4.96. The van der Waals surface area contributed by atoms with Crippen LogP contribution in [0.4, 0.5) is 8.78 Å². The van der Waals surface area contributed by atoms with Crippen LogP contribution in [0, 0.1) is 11.6 Å². The Hall–Kier alpha value is -1.00. The molecule has 0 aromatic heterocycles.